The van der Waals surface area contributed by atoms with Crippen LogP contribution in [0.25, 0.3) is 0 Å². The molecule has 9 heteroatoms. The van der Waals surface area contributed by atoms with Gasteiger partial charge in [-0.3, -0.25) is 15.0 Å². The molecule has 3 N–H and O–H groups in total. The predicted octanol–water partition coefficient (Wildman–Crippen LogP) is 2.17. The Balaban J connectivity index is 1.85. The summed E-state index contributed by atoms with van der Waals surface area (Å²) in [6.45, 7) is 1.53. The van der Waals surface area contributed by atoms with Gasteiger partial charge in [-0.1, -0.05) is 23.7 Å². The number of amides is 4. The maximum Gasteiger partial charge on any atom is 0.344 e. The van der Waals surface area contributed by atoms with E-state index < -0.39 is 23.4 Å². The monoisotopic (exact) mass is 389 g/mol. The minimum Gasteiger partial charge on any atom is -0.506 e. The molecule has 4 amide bonds. The number of aromatic hydroxyl groups is 1. The Labute approximate surface area is 159 Å². The molecular formula is C18H16ClN3O5. The summed E-state index contributed by atoms with van der Waals surface area (Å²) >= 11 is 5.78. The largest absolute Gasteiger partial charge is 0.506 e. The van der Waals surface area contributed by atoms with Gasteiger partial charge in [-0.15, -0.1) is 0 Å². The standard InChI is InChI=1S/C18H16ClN3O5/c1-18(11-4-3-5-12(9-11)27-2)16(25)22(17(26)20-18)21-15(24)10-6-7-14(23)13(19)8-10/h3-9,23H,1-2H3,(H,20,26)(H,21,24)/t18-/m0/s1. The third-order valence-electron chi connectivity index (χ3n) is 4.26. The summed E-state index contributed by atoms with van der Waals surface area (Å²) in [5.41, 5.74) is 1.47. The van der Waals surface area contributed by atoms with Crippen LogP contribution in [0.2, 0.25) is 5.02 Å². The van der Waals surface area contributed by atoms with Gasteiger partial charge in [0.25, 0.3) is 11.8 Å². The summed E-state index contributed by atoms with van der Waals surface area (Å²) in [6, 6.07) is 9.71. The number of benzene rings is 2. The lowest BCUT2D eigenvalue weighted by molar-refractivity contribution is -0.132. The highest BCUT2D eigenvalue weighted by molar-refractivity contribution is 6.32. The highest BCUT2D eigenvalue weighted by Crippen LogP contribution is 2.30. The summed E-state index contributed by atoms with van der Waals surface area (Å²) in [7, 11) is 1.49. The van der Waals surface area contributed by atoms with Crippen molar-refractivity contribution in [3.05, 3.63) is 58.6 Å². The Morgan fingerprint density at radius 2 is 2.00 bits per heavy atom. The van der Waals surface area contributed by atoms with Crippen molar-refractivity contribution in [1.29, 1.82) is 0 Å². The highest BCUT2D eigenvalue weighted by atomic mass is 35.5. The average molecular weight is 390 g/mol. The van der Waals surface area contributed by atoms with Gasteiger partial charge >= 0.3 is 6.03 Å². The number of urea groups is 1. The number of ether oxygens (including phenoxy) is 1. The third kappa shape index (κ3) is 3.26. The Morgan fingerprint density at radius 3 is 2.67 bits per heavy atom. The van der Waals surface area contributed by atoms with Crippen LogP contribution in [0.15, 0.2) is 42.5 Å². The Bertz CT molecular complexity index is 948. The van der Waals surface area contributed by atoms with E-state index in [1.807, 2.05) is 0 Å². The molecule has 2 aromatic carbocycles. The van der Waals surface area contributed by atoms with Gasteiger partial charge in [0.05, 0.1) is 12.1 Å². The molecule has 1 atom stereocenters. The molecule has 0 saturated carbocycles. The van der Waals surface area contributed by atoms with Crippen molar-refractivity contribution in [3.8, 4) is 11.5 Å². The molecule has 1 heterocycles. The van der Waals surface area contributed by atoms with Crippen LogP contribution in [-0.4, -0.2) is 35.1 Å². The van der Waals surface area contributed by atoms with Gasteiger partial charge in [-0.05, 0) is 42.8 Å². The van der Waals surface area contributed by atoms with E-state index >= 15 is 0 Å². The third-order valence-corrected chi connectivity index (χ3v) is 4.56. The van der Waals surface area contributed by atoms with Gasteiger partial charge in [0.15, 0.2) is 0 Å². The van der Waals surface area contributed by atoms with Crippen LogP contribution in [0.5, 0.6) is 11.5 Å². The van der Waals surface area contributed by atoms with E-state index in [1.54, 1.807) is 24.3 Å². The first-order valence-corrected chi connectivity index (χ1v) is 8.25. The quantitative estimate of drug-likeness (QED) is 0.694. The summed E-state index contributed by atoms with van der Waals surface area (Å²) in [5, 5.41) is 12.6. The number of imide groups is 1. The van der Waals surface area contributed by atoms with E-state index in [1.165, 1.54) is 32.2 Å². The maximum absolute atomic E-state index is 12.8. The summed E-state index contributed by atoms with van der Waals surface area (Å²) < 4.78 is 5.15. The molecule has 3 rings (SSSR count). The smallest absolute Gasteiger partial charge is 0.344 e. The molecule has 1 saturated heterocycles. The first-order chi connectivity index (χ1) is 12.8. The van der Waals surface area contributed by atoms with E-state index in [9.17, 15) is 19.5 Å². The van der Waals surface area contributed by atoms with Crippen LogP contribution in [0.4, 0.5) is 4.79 Å². The van der Waals surface area contributed by atoms with Gasteiger partial charge in [0.2, 0.25) is 0 Å². The number of phenolic OH excluding ortho intramolecular Hbond substituents is 1. The van der Waals surface area contributed by atoms with Crippen LogP contribution in [0, 0.1) is 0 Å². The molecule has 0 bridgehead atoms. The second-order valence-electron chi connectivity index (χ2n) is 6.03. The molecule has 8 nitrogen and oxygen atoms in total. The number of carbonyl (C=O) groups is 3. The van der Waals surface area contributed by atoms with Crippen molar-refractivity contribution < 1.29 is 24.2 Å². The number of hydrazine groups is 1. The fourth-order valence-corrected chi connectivity index (χ4v) is 2.87. The molecular weight excluding hydrogens is 374 g/mol. The number of hydrogen-bond acceptors (Lipinski definition) is 5. The van der Waals surface area contributed by atoms with Crippen LogP contribution >= 0.6 is 11.6 Å². The van der Waals surface area contributed by atoms with Crippen molar-refractivity contribution in [3.63, 3.8) is 0 Å². The molecule has 0 aromatic heterocycles. The first-order valence-electron chi connectivity index (χ1n) is 7.87. The molecule has 1 aliphatic rings. The molecule has 2 aromatic rings. The number of nitrogens with zero attached hydrogens (tertiary/aromatic N) is 1. The van der Waals surface area contributed by atoms with Crippen LogP contribution < -0.4 is 15.5 Å². The van der Waals surface area contributed by atoms with Gasteiger partial charge < -0.3 is 15.2 Å². The fourth-order valence-electron chi connectivity index (χ4n) is 2.68. The number of carbonyl (C=O) groups excluding carboxylic acids is 3. The zero-order valence-electron chi connectivity index (χ0n) is 14.4. The van der Waals surface area contributed by atoms with E-state index in [4.69, 9.17) is 16.3 Å². The molecule has 0 unspecified atom stereocenters. The van der Waals surface area contributed by atoms with E-state index in [0.29, 0.717) is 16.3 Å². The van der Waals surface area contributed by atoms with Crippen molar-refractivity contribution in [2.24, 2.45) is 0 Å². The van der Waals surface area contributed by atoms with Crippen molar-refractivity contribution in [2.75, 3.05) is 7.11 Å². The Kier molecular flexibility index (Phi) is 4.67. The van der Waals surface area contributed by atoms with Crippen molar-refractivity contribution in [2.45, 2.75) is 12.5 Å². The molecule has 0 aliphatic carbocycles. The van der Waals surface area contributed by atoms with E-state index in [-0.39, 0.29) is 16.3 Å². The number of rotatable bonds is 4. The number of nitrogens with one attached hydrogen (secondary N) is 2. The van der Waals surface area contributed by atoms with Gasteiger partial charge in [0.1, 0.15) is 17.0 Å². The predicted molar refractivity (Wildman–Crippen MR) is 96.3 cm³/mol. The highest BCUT2D eigenvalue weighted by Gasteiger charge is 2.50. The number of hydrogen-bond donors (Lipinski definition) is 3. The number of phenols is 1. The Morgan fingerprint density at radius 1 is 1.26 bits per heavy atom. The molecule has 0 spiro atoms. The van der Waals surface area contributed by atoms with Gasteiger partial charge in [0, 0.05) is 5.56 Å². The zero-order valence-corrected chi connectivity index (χ0v) is 15.2. The first kappa shape index (κ1) is 18.5. The minimum absolute atomic E-state index is 0.0268. The van der Waals surface area contributed by atoms with E-state index in [2.05, 4.69) is 10.7 Å². The van der Waals surface area contributed by atoms with Crippen LogP contribution in [0.3, 0.4) is 0 Å². The van der Waals surface area contributed by atoms with Crippen LogP contribution in [0.1, 0.15) is 22.8 Å². The maximum atomic E-state index is 12.8. The average Bonchev–Trinajstić information content (AvgIpc) is 2.88. The molecule has 1 aliphatic heterocycles. The molecule has 0 radical (unpaired) electrons. The molecule has 140 valence electrons. The zero-order chi connectivity index (χ0) is 19.8. The normalized spacial score (nSPS) is 19.0. The van der Waals surface area contributed by atoms with Crippen molar-refractivity contribution >= 4 is 29.4 Å². The summed E-state index contributed by atoms with van der Waals surface area (Å²) in [4.78, 5) is 37.5. The second kappa shape index (κ2) is 6.81. The van der Waals surface area contributed by atoms with E-state index in [0.717, 1.165) is 0 Å². The SMILES string of the molecule is COc1cccc([C@]2(C)NC(=O)N(NC(=O)c3ccc(O)c(Cl)c3)C2=O)c1. The molecule has 1 fully saturated rings. The fraction of sp³-hybridized carbons (Fsp3) is 0.167. The van der Waals surface area contributed by atoms with Gasteiger partial charge in [-0.2, -0.15) is 5.01 Å². The number of methoxy groups -OCH3 is 1. The van der Waals surface area contributed by atoms with Crippen molar-refractivity contribution in [1.82, 2.24) is 15.8 Å². The van der Waals surface area contributed by atoms with Crippen LogP contribution in [-0.2, 0) is 10.3 Å². The van der Waals surface area contributed by atoms with Gasteiger partial charge in [-0.25, -0.2) is 4.79 Å². The topological polar surface area (TPSA) is 108 Å². The summed E-state index contributed by atoms with van der Waals surface area (Å²) in [6.07, 6.45) is 0. The minimum atomic E-state index is -1.37. The molecule has 27 heavy (non-hydrogen) atoms. The lowest BCUT2D eigenvalue weighted by atomic mass is 9.92. The number of halogens is 1. The summed E-state index contributed by atoms with van der Waals surface area (Å²) in [5.74, 6) is -1.04. The second-order valence-corrected chi connectivity index (χ2v) is 6.44. The lowest BCUT2D eigenvalue weighted by Crippen LogP contribution is -2.47. The lowest BCUT2D eigenvalue weighted by Gasteiger charge is -2.22. The Hall–Kier alpha value is -3.26.